The summed E-state index contributed by atoms with van der Waals surface area (Å²) in [7, 11) is -3.49. The molecule has 118 valence electrons. The highest BCUT2D eigenvalue weighted by atomic mass is 32.2. The van der Waals surface area contributed by atoms with Crippen molar-refractivity contribution in [3.63, 3.8) is 0 Å². The minimum atomic E-state index is -3.49. The normalized spacial score (nSPS) is 19.0. The first-order valence-corrected chi connectivity index (χ1v) is 9.01. The molecule has 0 spiro atoms. The van der Waals surface area contributed by atoms with Crippen LogP contribution in [0.1, 0.15) is 30.6 Å². The third-order valence-electron chi connectivity index (χ3n) is 4.11. The van der Waals surface area contributed by atoms with Gasteiger partial charge in [0.2, 0.25) is 0 Å². The Kier molecular flexibility index (Phi) is 4.33. The summed E-state index contributed by atoms with van der Waals surface area (Å²) in [6.45, 7) is 3.54. The van der Waals surface area contributed by atoms with E-state index in [1.54, 1.807) is 4.31 Å². The molecule has 1 aliphatic heterocycles. The van der Waals surface area contributed by atoms with E-state index in [1.165, 1.54) is 0 Å². The molecule has 22 heavy (non-hydrogen) atoms. The van der Waals surface area contributed by atoms with E-state index in [4.69, 9.17) is 0 Å². The molecule has 3 rings (SSSR count). The second kappa shape index (κ2) is 6.24. The first kappa shape index (κ1) is 15.3. The van der Waals surface area contributed by atoms with Gasteiger partial charge in [-0.15, -0.1) is 0 Å². The number of fused-ring (bicyclic) bond motifs is 1. The lowest BCUT2D eigenvalue weighted by Gasteiger charge is -2.35. The molecule has 2 aromatic rings. The maximum atomic E-state index is 12.7. The highest BCUT2D eigenvalue weighted by Gasteiger charge is 2.34. The van der Waals surface area contributed by atoms with Crippen LogP contribution in [0.15, 0.2) is 48.7 Å². The van der Waals surface area contributed by atoms with Crippen molar-refractivity contribution in [3.8, 4) is 0 Å². The molecule has 1 aliphatic rings. The number of hydrogen-bond donors (Lipinski definition) is 1. The molecule has 5 nitrogen and oxygen atoms in total. The summed E-state index contributed by atoms with van der Waals surface area (Å²) in [5.41, 5.74) is 2.03. The van der Waals surface area contributed by atoms with Gasteiger partial charge in [-0.3, -0.25) is 0 Å². The molecule has 1 aromatic carbocycles. The zero-order valence-electron chi connectivity index (χ0n) is 12.6. The summed E-state index contributed by atoms with van der Waals surface area (Å²) in [6.07, 6.45) is 2.77. The van der Waals surface area contributed by atoms with Crippen LogP contribution in [-0.2, 0) is 23.3 Å². The third kappa shape index (κ3) is 2.95. The predicted molar refractivity (Wildman–Crippen MR) is 86.4 cm³/mol. The van der Waals surface area contributed by atoms with Crippen molar-refractivity contribution in [2.75, 3.05) is 6.54 Å². The van der Waals surface area contributed by atoms with E-state index in [1.807, 2.05) is 55.6 Å². The lowest BCUT2D eigenvalue weighted by atomic mass is 10.1. The molecule has 6 heteroatoms. The van der Waals surface area contributed by atoms with Gasteiger partial charge >= 0.3 is 0 Å². The summed E-state index contributed by atoms with van der Waals surface area (Å²) in [6, 6.07) is 13.5. The molecule has 0 saturated heterocycles. The molecular formula is C16H21N3O2S. The number of nitrogens with zero attached hydrogens (tertiary/aromatic N) is 2. The van der Waals surface area contributed by atoms with E-state index >= 15 is 0 Å². The number of aromatic nitrogens is 1. The fourth-order valence-corrected chi connectivity index (χ4v) is 4.43. The van der Waals surface area contributed by atoms with Gasteiger partial charge in [-0.05, 0) is 24.1 Å². The van der Waals surface area contributed by atoms with Crippen LogP contribution in [0.2, 0.25) is 0 Å². The van der Waals surface area contributed by atoms with Gasteiger partial charge in [-0.2, -0.15) is 17.4 Å². The van der Waals surface area contributed by atoms with Crippen LogP contribution in [-0.4, -0.2) is 23.8 Å². The average Bonchev–Trinajstić information content (AvgIpc) is 3.01. The van der Waals surface area contributed by atoms with E-state index in [2.05, 4.69) is 9.29 Å². The fraction of sp³-hybridized carbons (Fsp3) is 0.375. The maximum Gasteiger partial charge on any atom is 0.280 e. The van der Waals surface area contributed by atoms with Crippen molar-refractivity contribution in [3.05, 3.63) is 59.9 Å². The fourth-order valence-electron chi connectivity index (χ4n) is 3.00. The summed E-state index contributed by atoms with van der Waals surface area (Å²) in [5.74, 6) is 0. The standard InChI is InChI=1S/C16H21N3O2S/c1-2-15-16-9-6-10-18(16)11-12-19(15)22(20,21)17-13-14-7-4-3-5-8-14/h3-10,15,17H,2,11-13H2,1H3/t15-/m1/s1. The van der Waals surface area contributed by atoms with E-state index < -0.39 is 10.2 Å². The van der Waals surface area contributed by atoms with Crippen LogP contribution >= 0.6 is 0 Å². The Morgan fingerprint density at radius 1 is 1.14 bits per heavy atom. The van der Waals surface area contributed by atoms with E-state index in [9.17, 15) is 8.42 Å². The Morgan fingerprint density at radius 3 is 2.64 bits per heavy atom. The highest BCUT2D eigenvalue weighted by molar-refractivity contribution is 7.87. The van der Waals surface area contributed by atoms with Gasteiger partial charge in [0.1, 0.15) is 0 Å². The Balaban J connectivity index is 1.77. The topological polar surface area (TPSA) is 54.3 Å². The number of benzene rings is 1. The minimum Gasteiger partial charge on any atom is -0.349 e. The molecule has 1 atom stereocenters. The summed E-state index contributed by atoms with van der Waals surface area (Å²) >= 11 is 0. The summed E-state index contributed by atoms with van der Waals surface area (Å²) in [5, 5.41) is 0. The summed E-state index contributed by atoms with van der Waals surface area (Å²) < 4.78 is 31.8. The van der Waals surface area contributed by atoms with Crippen LogP contribution in [0.3, 0.4) is 0 Å². The highest BCUT2D eigenvalue weighted by Crippen LogP contribution is 2.30. The largest absolute Gasteiger partial charge is 0.349 e. The van der Waals surface area contributed by atoms with Crippen LogP contribution in [0, 0.1) is 0 Å². The molecule has 0 unspecified atom stereocenters. The van der Waals surface area contributed by atoms with E-state index in [0.29, 0.717) is 19.6 Å². The molecule has 1 aromatic heterocycles. The average molecular weight is 319 g/mol. The van der Waals surface area contributed by atoms with E-state index in [-0.39, 0.29) is 6.04 Å². The number of rotatable bonds is 5. The van der Waals surface area contributed by atoms with Crippen molar-refractivity contribution in [1.29, 1.82) is 0 Å². The van der Waals surface area contributed by atoms with Gasteiger partial charge in [-0.1, -0.05) is 37.3 Å². The summed E-state index contributed by atoms with van der Waals surface area (Å²) in [4.78, 5) is 0. The monoisotopic (exact) mass is 319 g/mol. The lowest BCUT2D eigenvalue weighted by Crippen LogP contribution is -2.46. The molecule has 0 bridgehead atoms. The second-order valence-electron chi connectivity index (χ2n) is 5.47. The van der Waals surface area contributed by atoms with Crippen molar-refractivity contribution in [2.24, 2.45) is 0 Å². The Hall–Kier alpha value is -1.63. The van der Waals surface area contributed by atoms with Gasteiger partial charge in [-0.25, -0.2) is 0 Å². The van der Waals surface area contributed by atoms with Gasteiger partial charge < -0.3 is 4.57 Å². The molecule has 2 heterocycles. The van der Waals surface area contributed by atoms with Gasteiger partial charge in [0.25, 0.3) is 10.2 Å². The lowest BCUT2D eigenvalue weighted by molar-refractivity contribution is 0.257. The van der Waals surface area contributed by atoms with Crippen LogP contribution in [0.5, 0.6) is 0 Å². The molecule has 0 saturated carbocycles. The van der Waals surface area contributed by atoms with Crippen LogP contribution in [0.25, 0.3) is 0 Å². The molecule has 1 N–H and O–H groups in total. The van der Waals surface area contributed by atoms with Gasteiger partial charge in [0, 0.05) is 31.5 Å². The van der Waals surface area contributed by atoms with Crippen molar-refractivity contribution < 1.29 is 8.42 Å². The molecule has 0 aliphatic carbocycles. The first-order chi connectivity index (χ1) is 10.6. The minimum absolute atomic E-state index is 0.1000. The quantitative estimate of drug-likeness (QED) is 0.919. The molecular weight excluding hydrogens is 298 g/mol. The first-order valence-electron chi connectivity index (χ1n) is 7.57. The van der Waals surface area contributed by atoms with Crippen molar-refractivity contribution in [1.82, 2.24) is 13.6 Å². The smallest absolute Gasteiger partial charge is 0.280 e. The third-order valence-corrected chi connectivity index (χ3v) is 5.68. The molecule has 0 amide bonds. The number of hydrogen-bond acceptors (Lipinski definition) is 2. The molecule has 0 radical (unpaired) electrons. The van der Waals surface area contributed by atoms with Gasteiger partial charge in [0.15, 0.2) is 0 Å². The predicted octanol–water partition coefficient (Wildman–Crippen LogP) is 2.29. The second-order valence-corrected chi connectivity index (χ2v) is 7.18. The Morgan fingerprint density at radius 2 is 1.91 bits per heavy atom. The zero-order chi connectivity index (χ0) is 15.6. The van der Waals surface area contributed by atoms with E-state index in [0.717, 1.165) is 17.7 Å². The SMILES string of the molecule is CC[C@@H]1c2cccn2CCN1S(=O)(=O)NCc1ccccc1. The van der Waals surface area contributed by atoms with Crippen molar-refractivity contribution in [2.45, 2.75) is 32.5 Å². The van der Waals surface area contributed by atoms with Crippen LogP contribution < -0.4 is 4.72 Å². The van der Waals surface area contributed by atoms with Crippen LogP contribution in [0.4, 0.5) is 0 Å². The Bertz CT molecular complexity index is 725. The van der Waals surface area contributed by atoms with Gasteiger partial charge in [0.05, 0.1) is 6.04 Å². The maximum absolute atomic E-state index is 12.7. The Labute approximate surface area is 131 Å². The van der Waals surface area contributed by atoms with Crippen molar-refractivity contribution >= 4 is 10.2 Å². The number of nitrogens with one attached hydrogen (secondary N) is 1. The molecule has 0 fully saturated rings. The zero-order valence-corrected chi connectivity index (χ0v) is 13.5.